The molecule has 0 bridgehead atoms. The lowest BCUT2D eigenvalue weighted by atomic mass is 10.1. The normalized spacial score (nSPS) is 11.1. The largest absolute Gasteiger partial charge is 0.482 e. The number of aromatic nitrogens is 1. The van der Waals surface area contributed by atoms with Crippen LogP contribution >= 0.6 is 46.4 Å². The number of carbonyl (C=O) groups is 1. The summed E-state index contributed by atoms with van der Waals surface area (Å²) in [6.07, 6.45) is 0. The molecule has 0 atom stereocenters. The Morgan fingerprint density at radius 1 is 0.969 bits per heavy atom. The van der Waals surface area contributed by atoms with Gasteiger partial charge in [0.25, 0.3) is 5.91 Å². The maximum Gasteiger partial charge on any atom is 0.262 e. The summed E-state index contributed by atoms with van der Waals surface area (Å²) in [6, 6.07) is 12.0. The van der Waals surface area contributed by atoms with Gasteiger partial charge in [0.05, 0.1) is 25.8 Å². The second kappa shape index (κ2) is 9.20. The zero-order valence-electron chi connectivity index (χ0n) is 16.9. The molecular formula is C23H16Cl4N2O3. The predicted molar refractivity (Wildman–Crippen MR) is 130 cm³/mol. The van der Waals surface area contributed by atoms with Crippen molar-refractivity contribution >= 4 is 69.1 Å². The summed E-state index contributed by atoms with van der Waals surface area (Å²) >= 11 is 24.2. The minimum atomic E-state index is -0.435. The van der Waals surface area contributed by atoms with Crippen LogP contribution < -0.4 is 10.1 Å². The Labute approximate surface area is 204 Å². The van der Waals surface area contributed by atoms with Crippen LogP contribution in [0.15, 0.2) is 46.9 Å². The van der Waals surface area contributed by atoms with Gasteiger partial charge in [-0.3, -0.25) is 4.79 Å². The molecule has 0 saturated heterocycles. The molecule has 0 aliphatic heterocycles. The number of fused-ring (bicyclic) bond motifs is 1. The molecular weight excluding hydrogens is 494 g/mol. The Balaban J connectivity index is 1.52. The molecule has 0 aliphatic rings. The number of aryl methyl sites for hydroxylation is 2. The van der Waals surface area contributed by atoms with Gasteiger partial charge in [-0.2, -0.15) is 0 Å². The lowest BCUT2D eigenvalue weighted by Gasteiger charge is -2.11. The second-order valence-electron chi connectivity index (χ2n) is 7.18. The van der Waals surface area contributed by atoms with Crippen molar-refractivity contribution in [1.82, 2.24) is 4.98 Å². The van der Waals surface area contributed by atoms with E-state index in [2.05, 4.69) is 10.3 Å². The fourth-order valence-corrected chi connectivity index (χ4v) is 3.95. The summed E-state index contributed by atoms with van der Waals surface area (Å²) in [4.78, 5) is 17.0. The van der Waals surface area contributed by atoms with Crippen LogP contribution in [0.3, 0.4) is 0 Å². The lowest BCUT2D eigenvalue weighted by molar-refractivity contribution is -0.118. The first kappa shape index (κ1) is 22.7. The van der Waals surface area contributed by atoms with E-state index in [-0.39, 0.29) is 22.4 Å². The van der Waals surface area contributed by atoms with Gasteiger partial charge in [0.2, 0.25) is 5.89 Å². The first-order valence-electron chi connectivity index (χ1n) is 9.46. The van der Waals surface area contributed by atoms with E-state index in [9.17, 15) is 4.79 Å². The van der Waals surface area contributed by atoms with E-state index < -0.39 is 5.91 Å². The first-order chi connectivity index (χ1) is 15.2. The second-order valence-corrected chi connectivity index (χ2v) is 8.81. The number of halogens is 4. The quantitative estimate of drug-likeness (QED) is 0.279. The molecule has 1 heterocycles. The molecule has 0 unspecified atom stereocenters. The van der Waals surface area contributed by atoms with Crippen molar-refractivity contribution in [1.29, 1.82) is 0 Å². The fourth-order valence-electron chi connectivity index (χ4n) is 3.20. The molecule has 32 heavy (non-hydrogen) atoms. The van der Waals surface area contributed by atoms with Gasteiger partial charge in [-0.05, 0) is 55.3 Å². The van der Waals surface area contributed by atoms with Gasteiger partial charge >= 0.3 is 0 Å². The fraction of sp³-hybridized carbons (Fsp3) is 0.130. The molecule has 0 radical (unpaired) electrons. The molecule has 0 fully saturated rings. The molecule has 1 N–H and O–H groups in total. The number of nitrogens with one attached hydrogen (secondary N) is 1. The number of carbonyl (C=O) groups excluding carboxylic acids is 1. The minimum Gasteiger partial charge on any atom is -0.482 e. The summed E-state index contributed by atoms with van der Waals surface area (Å²) in [6.45, 7) is 3.67. The van der Waals surface area contributed by atoms with Crippen LogP contribution in [-0.4, -0.2) is 17.5 Å². The maximum absolute atomic E-state index is 12.4. The summed E-state index contributed by atoms with van der Waals surface area (Å²) < 4.78 is 11.4. The number of nitrogens with zero attached hydrogens (tertiary/aromatic N) is 1. The van der Waals surface area contributed by atoms with Crippen molar-refractivity contribution in [2.45, 2.75) is 13.8 Å². The third kappa shape index (κ3) is 4.81. The highest BCUT2D eigenvalue weighted by molar-refractivity contribution is 6.43. The van der Waals surface area contributed by atoms with Gasteiger partial charge in [0, 0.05) is 11.6 Å². The SMILES string of the molecule is Cc1cc(C)c2oc(-c3ccc(Cl)c(NC(=O)COc4cc(Cl)c(Cl)cc4Cl)c3)nc2c1. The Morgan fingerprint density at radius 2 is 1.72 bits per heavy atom. The van der Waals surface area contributed by atoms with E-state index in [1.807, 2.05) is 26.0 Å². The molecule has 164 valence electrons. The smallest absolute Gasteiger partial charge is 0.262 e. The van der Waals surface area contributed by atoms with Crippen molar-refractivity contribution in [3.05, 3.63) is 73.7 Å². The minimum absolute atomic E-state index is 0.244. The van der Waals surface area contributed by atoms with Crippen molar-refractivity contribution in [2.24, 2.45) is 0 Å². The number of oxazole rings is 1. The third-order valence-electron chi connectivity index (χ3n) is 4.64. The molecule has 0 spiro atoms. The number of hydrogen-bond acceptors (Lipinski definition) is 4. The van der Waals surface area contributed by atoms with Crippen molar-refractivity contribution < 1.29 is 13.9 Å². The summed E-state index contributed by atoms with van der Waals surface area (Å²) in [5.41, 5.74) is 4.66. The number of benzene rings is 3. The highest BCUT2D eigenvalue weighted by Gasteiger charge is 2.15. The highest BCUT2D eigenvalue weighted by Crippen LogP contribution is 2.34. The number of rotatable bonds is 5. The van der Waals surface area contributed by atoms with Crippen molar-refractivity contribution in [2.75, 3.05) is 11.9 Å². The zero-order valence-corrected chi connectivity index (χ0v) is 20.0. The molecule has 9 heteroatoms. The lowest BCUT2D eigenvalue weighted by Crippen LogP contribution is -2.20. The first-order valence-corrected chi connectivity index (χ1v) is 11.0. The topological polar surface area (TPSA) is 64.4 Å². The standard InChI is InChI=1S/C23H16Cl4N2O3/c1-11-5-12(2)22-19(6-11)29-23(32-22)13-3-4-14(24)18(7-13)28-21(30)10-31-20-9-16(26)15(25)8-17(20)27/h3-9H,10H2,1-2H3,(H,28,30). The number of hydrogen-bond donors (Lipinski definition) is 1. The Bertz CT molecular complexity index is 1350. The summed E-state index contributed by atoms with van der Waals surface area (Å²) in [5.74, 6) is 0.239. The van der Waals surface area contributed by atoms with Crippen LogP contribution in [0.2, 0.25) is 20.1 Å². The summed E-state index contributed by atoms with van der Waals surface area (Å²) in [5, 5.41) is 3.89. The molecule has 0 aliphatic carbocycles. The van der Waals surface area contributed by atoms with Gasteiger partial charge in [-0.25, -0.2) is 4.98 Å². The molecule has 1 aromatic heterocycles. The Morgan fingerprint density at radius 3 is 2.50 bits per heavy atom. The van der Waals surface area contributed by atoms with Gasteiger partial charge in [0.1, 0.15) is 11.3 Å². The average molecular weight is 510 g/mol. The maximum atomic E-state index is 12.4. The monoisotopic (exact) mass is 508 g/mol. The van der Waals surface area contributed by atoms with E-state index in [1.54, 1.807) is 18.2 Å². The van der Waals surface area contributed by atoms with Gasteiger partial charge in [-0.15, -0.1) is 0 Å². The van der Waals surface area contributed by atoms with E-state index in [0.717, 1.165) is 22.2 Å². The van der Waals surface area contributed by atoms with Crippen LogP contribution in [0.4, 0.5) is 5.69 Å². The van der Waals surface area contributed by atoms with Crippen LogP contribution in [0.5, 0.6) is 5.75 Å². The van der Waals surface area contributed by atoms with E-state index in [1.165, 1.54) is 12.1 Å². The molecule has 4 aromatic rings. The highest BCUT2D eigenvalue weighted by atomic mass is 35.5. The van der Waals surface area contributed by atoms with Crippen LogP contribution in [0.25, 0.3) is 22.6 Å². The molecule has 0 saturated carbocycles. The number of amides is 1. The third-order valence-corrected chi connectivity index (χ3v) is 5.99. The number of anilines is 1. The van der Waals surface area contributed by atoms with Crippen molar-refractivity contribution in [3.8, 4) is 17.2 Å². The Kier molecular flexibility index (Phi) is 6.54. The molecule has 3 aromatic carbocycles. The Hall–Kier alpha value is -2.44. The van der Waals surface area contributed by atoms with Crippen molar-refractivity contribution in [3.63, 3.8) is 0 Å². The van der Waals surface area contributed by atoms with E-state index in [0.29, 0.717) is 27.2 Å². The van der Waals surface area contributed by atoms with Gasteiger partial charge < -0.3 is 14.5 Å². The predicted octanol–water partition coefficient (Wildman–Crippen LogP) is 7.74. The van der Waals surface area contributed by atoms with Gasteiger partial charge in [0.15, 0.2) is 12.2 Å². The summed E-state index contributed by atoms with van der Waals surface area (Å²) in [7, 11) is 0. The van der Waals surface area contributed by atoms with E-state index >= 15 is 0 Å². The average Bonchev–Trinajstić information content (AvgIpc) is 3.16. The van der Waals surface area contributed by atoms with Crippen LogP contribution in [0.1, 0.15) is 11.1 Å². The van der Waals surface area contributed by atoms with E-state index in [4.69, 9.17) is 55.6 Å². The molecule has 4 rings (SSSR count). The zero-order chi connectivity index (χ0) is 23.0. The van der Waals surface area contributed by atoms with Gasteiger partial charge in [-0.1, -0.05) is 52.5 Å². The van der Waals surface area contributed by atoms with Crippen LogP contribution in [-0.2, 0) is 4.79 Å². The number of ether oxygens (including phenoxy) is 1. The molecule has 1 amide bonds. The van der Waals surface area contributed by atoms with Crippen LogP contribution in [0, 0.1) is 13.8 Å². The molecule has 5 nitrogen and oxygen atoms in total.